The zero-order valence-corrected chi connectivity index (χ0v) is 12.4. The first kappa shape index (κ1) is 16.2. The number of rotatable bonds is 4. The van der Waals surface area contributed by atoms with Crippen LogP contribution >= 0.6 is 11.6 Å². The molecular formula is C14H14ClFN2O4. The second-order valence-corrected chi connectivity index (χ2v) is 5.26. The largest absolute Gasteiger partial charge is 0.451 e. The van der Waals surface area contributed by atoms with Crippen molar-refractivity contribution in [2.75, 3.05) is 5.32 Å². The minimum absolute atomic E-state index is 0.129. The van der Waals surface area contributed by atoms with Crippen molar-refractivity contribution in [3.05, 3.63) is 29.0 Å². The van der Waals surface area contributed by atoms with Crippen molar-refractivity contribution >= 4 is 35.1 Å². The van der Waals surface area contributed by atoms with E-state index < -0.39 is 29.8 Å². The van der Waals surface area contributed by atoms with Gasteiger partial charge < -0.3 is 15.4 Å². The van der Waals surface area contributed by atoms with Crippen LogP contribution in [0, 0.1) is 5.82 Å². The zero-order valence-electron chi connectivity index (χ0n) is 11.7. The topological polar surface area (TPSA) is 84.5 Å². The predicted octanol–water partition coefficient (Wildman–Crippen LogP) is 1.63. The molecule has 2 rings (SSSR count). The lowest BCUT2D eigenvalue weighted by molar-refractivity contribution is -0.155. The molecule has 6 nitrogen and oxygen atoms in total. The number of carbonyl (C=O) groups excluding carboxylic acids is 3. The third kappa shape index (κ3) is 3.94. The molecule has 2 amide bonds. The van der Waals surface area contributed by atoms with E-state index in [2.05, 4.69) is 10.6 Å². The number of esters is 1. The summed E-state index contributed by atoms with van der Waals surface area (Å²) in [7, 11) is 0. The number of amides is 2. The Hall–Kier alpha value is -2.15. The second kappa shape index (κ2) is 6.74. The predicted molar refractivity (Wildman–Crippen MR) is 76.8 cm³/mol. The van der Waals surface area contributed by atoms with Crippen molar-refractivity contribution in [2.45, 2.75) is 31.9 Å². The third-order valence-corrected chi connectivity index (χ3v) is 3.42. The SMILES string of the molecule is C[C@@H](OC(=O)[C@@H]1CCC(=O)N1)C(=O)Nc1ccc(F)c(Cl)c1. The molecular weight excluding hydrogens is 315 g/mol. The van der Waals surface area contributed by atoms with E-state index in [9.17, 15) is 18.8 Å². The van der Waals surface area contributed by atoms with Gasteiger partial charge in [0.15, 0.2) is 6.10 Å². The van der Waals surface area contributed by atoms with Gasteiger partial charge in [0.25, 0.3) is 5.91 Å². The van der Waals surface area contributed by atoms with E-state index >= 15 is 0 Å². The molecule has 0 bridgehead atoms. The zero-order chi connectivity index (χ0) is 16.3. The van der Waals surface area contributed by atoms with Crippen LogP contribution in [0.25, 0.3) is 0 Å². The van der Waals surface area contributed by atoms with Crippen molar-refractivity contribution in [2.24, 2.45) is 0 Å². The number of halogens is 2. The Labute approximate surface area is 131 Å². The van der Waals surface area contributed by atoms with Crippen LogP contribution in [-0.2, 0) is 19.1 Å². The Balaban J connectivity index is 1.90. The third-order valence-electron chi connectivity index (χ3n) is 3.13. The molecule has 0 radical (unpaired) electrons. The monoisotopic (exact) mass is 328 g/mol. The number of anilines is 1. The van der Waals surface area contributed by atoms with E-state index in [4.69, 9.17) is 16.3 Å². The van der Waals surface area contributed by atoms with Crippen LogP contribution in [0.1, 0.15) is 19.8 Å². The number of hydrogen-bond acceptors (Lipinski definition) is 4. The maximum Gasteiger partial charge on any atom is 0.329 e. The summed E-state index contributed by atoms with van der Waals surface area (Å²) in [6.07, 6.45) is -0.456. The number of ether oxygens (including phenoxy) is 1. The van der Waals surface area contributed by atoms with Crippen molar-refractivity contribution in [1.82, 2.24) is 5.32 Å². The minimum atomic E-state index is -1.06. The Morgan fingerprint density at radius 2 is 2.23 bits per heavy atom. The summed E-state index contributed by atoms with van der Waals surface area (Å²) in [6.45, 7) is 1.40. The highest BCUT2D eigenvalue weighted by molar-refractivity contribution is 6.31. The molecule has 1 aliphatic heterocycles. The maximum atomic E-state index is 13.0. The van der Waals surface area contributed by atoms with Gasteiger partial charge in [-0.05, 0) is 31.5 Å². The highest BCUT2D eigenvalue weighted by Crippen LogP contribution is 2.19. The van der Waals surface area contributed by atoms with Crippen LogP contribution in [0.15, 0.2) is 18.2 Å². The lowest BCUT2D eigenvalue weighted by Gasteiger charge is -2.16. The molecule has 1 aromatic rings. The van der Waals surface area contributed by atoms with Crippen LogP contribution in [0.4, 0.5) is 10.1 Å². The van der Waals surface area contributed by atoms with Crippen LogP contribution in [0.5, 0.6) is 0 Å². The first-order chi connectivity index (χ1) is 10.4. The average molecular weight is 329 g/mol. The van der Waals surface area contributed by atoms with Gasteiger partial charge in [0.2, 0.25) is 5.91 Å². The number of hydrogen-bond donors (Lipinski definition) is 2. The molecule has 0 saturated carbocycles. The fraction of sp³-hybridized carbons (Fsp3) is 0.357. The van der Waals surface area contributed by atoms with Gasteiger partial charge in [0, 0.05) is 12.1 Å². The van der Waals surface area contributed by atoms with Crippen LogP contribution in [0.2, 0.25) is 5.02 Å². The molecule has 2 N–H and O–H groups in total. The molecule has 0 aromatic heterocycles. The quantitative estimate of drug-likeness (QED) is 0.823. The summed E-state index contributed by atoms with van der Waals surface area (Å²) in [4.78, 5) is 34.7. The summed E-state index contributed by atoms with van der Waals surface area (Å²) < 4.78 is 18.0. The normalized spacial score (nSPS) is 18.5. The Morgan fingerprint density at radius 1 is 1.50 bits per heavy atom. The molecule has 0 aliphatic carbocycles. The molecule has 1 aliphatic rings. The highest BCUT2D eigenvalue weighted by Gasteiger charge is 2.30. The number of benzene rings is 1. The van der Waals surface area contributed by atoms with Gasteiger partial charge in [-0.3, -0.25) is 9.59 Å². The molecule has 0 unspecified atom stereocenters. The van der Waals surface area contributed by atoms with Crippen LogP contribution in [0.3, 0.4) is 0 Å². The lowest BCUT2D eigenvalue weighted by atomic mass is 10.2. The van der Waals surface area contributed by atoms with Crippen molar-refractivity contribution < 1.29 is 23.5 Å². The van der Waals surface area contributed by atoms with E-state index in [1.165, 1.54) is 19.1 Å². The van der Waals surface area contributed by atoms with Gasteiger partial charge in [-0.15, -0.1) is 0 Å². The molecule has 2 atom stereocenters. The Kier molecular flexibility index (Phi) is 4.97. The molecule has 0 spiro atoms. The maximum absolute atomic E-state index is 13.0. The van der Waals surface area contributed by atoms with E-state index in [-0.39, 0.29) is 23.0 Å². The summed E-state index contributed by atoms with van der Waals surface area (Å²) in [5, 5.41) is 4.79. The standard InChI is InChI=1S/C14H14ClFN2O4/c1-7(22-14(21)11-4-5-12(19)18-11)13(20)17-8-2-3-10(16)9(15)6-8/h2-3,6-7,11H,4-5H2,1H3,(H,17,20)(H,18,19)/t7-,11+/m1/s1. The summed E-state index contributed by atoms with van der Waals surface area (Å²) >= 11 is 5.61. The lowest BCUT2D eigenvalue weighted by Crippen LogP contribution is -2.39. The van der Waals surface area contributed by atoms with Gasteiger partial charge in [-0.25, -0.2) is 9.18 Å². The van der Waals surface area contributed by atoms with E-state index in [1.807, 2.05) is 0 Å². The number of carbonyl (C=O) groups is 3. The smallest absolute Gasteiger partial charge is 0.329 e. The second-order valence-electron chi connectivity index (χ2n) is 4.86. The van der Waals surface area contributed by atoms with E-state index in [0.717, 1.165) is 6.07 Å². The molecule has 22 heavy (non-hydrogen) atoms. The van der Waals surface area contributed by atoms with Gasteiger partial charge in [0.05, 0.1) is 5.02 Å². The summed E-state index contributed by atoms with van der Waals surface area (Å²) in [5.74, 6) is -2.07. The van der Waals surface area contributed by atoms with Gasteiger partial charge in [-0.1, -0.05) is 11.6 Å². The van der Waals surface area contributed by atoms with Crippen LogP contribution < -0.4 is 10.6 Å². The Bertz CT molecular complexity index is 623. The van der Waals surface area contributed by atoms with Crippen LogP contribution in [-0.4, -0.2) is 29.9 Å². The van der Waals surface area contributed by atoms with Crippen molar-refractivity contribution in [3.8, 4) is 0 Å². The molecule has 1 saturated heterocycles. The number of nitrogens with one attached hydrogen (secondary N) is 2. The molecule has 118 valence electrons. The molecule has 1 aromatic carbocycles. The van der Waals surface area contributed by atoms with E-state index in [0.29, 0.717) is 6.42 Å². The first-order valence-corrected chi connectivity index (χ1v) is 7.00. The van der Waals surface area contributed by atoms with Gasteiger partial charge in [-0.2, -0.15) is 0 Å². The van der Waals surface area contributed by atoms with Gasteiger partial charge >= 0.3 is 5.97 Å². The van der Waals surface area contributed by atoms with Crippen molar-refractivity contribution in [3.63, 3.8) is 0 Å². The molecule has 8 heteroatoms. The van der Waals surface area contributed by atoms with E-state index in [1.54, 1.807) is 0 Å². The summed E-state index contributed by atoms with van der Waals surface area (Å²) in [6, 6.07) is 2.98. The first-order valence-electron chi connectivity index (χ1n) is 6.62. The Morgan fingerprint density at radius 3 is 2.82 bits per heavy atom. The highest BCUT2D eigenvalue weighted by atomic mass is 35.5. The fourth-order valence-corrected chi connectivity index (χ4v) is 2.10. The summed E-state index contributed by atoms with van der Waals surface area (Å²) in [5.41, 5.74) is 0.286. The minimum Gasteiger partial charge on any atom is -0.451 e. The molecule has 1 heterocycles. The fourth-order valence-electron chi connectivity index (χ4n) is 1.92. The van der Waals surface area contributed by atoms with Crippen molar-refractivity contribution in [1.29, 1.82) is 0 Å². The average Bonchev–Trinajstić information content (AvgIpc) is 2.89. The molecule has 1 fully saturated rings. The van der Waals surface area contributed by atoms with Gasteiger partial charge in [0.1, 0.15) is 11.9 Å².